The average molecular weight is 395 g/mol. The first kappa shape index (κ1) is 18.6. The average Bonchev–Trinajstić information content (AvgIpc) is 3.23. The lowest BCUT2D eigenvalue weighted by molar-refractivity contribution is -0.122. The van der Waals surface area contributed by atoms with Crippen LogP contribution in [0, 0.1) is 0 Å². The smallest absolute Gasteiger partial charge is 0.322 e. The molecule has 0 spiro atoms. The second kappa shape index (κ2) is 7.31. The fraction of sp³-hybridized carbons (Fsp3) is 0.286. The first-order chi connectivity index (χ1) is 13.4. The molecule has 0 unspecified atom stereocenters. The van der Waals surface area contributed by atoms with Crippen LogP contribution in [0.15, 0.2) is 47.4 Å². The molecule has 3 N–H and O–H groups in total. The van der Waals surface area contributed by atoms with E-state index in [1.807, 2.05) is 24.3 Å². The van der Waals surface area contributed by atoms with Gasteiger partial charge in [-0.05, 0) is 61.6 Å². The molecule has 1 aliphatic carbocycles. The van der Waals surface area contributed by atoms with Gasteiger partial charge in [-0.1, -0.05) is 18.2 Å². The predicted molar refractivity (Wildman–Crippen MR) is 109 cm³/mol. The molecule has 0 aromatic heterocycles. The van der Waals surface area contributed by atoms with Crippen LogP contribution in [-0.4, -0.2) is 29.1 Å². The number of nitrogens with one attached hydrogen (secondary N) is 3. The zero-order valence-corrected chi connectivity index (χ0v) is 16.3. The van der Waals surface area contributed by atoms with Gasteiger partial charge in [-0.2, -0.15) is 0 Å². The summed E-state index contributed by atoms with van der Waals surface area (Å²) in [6, 6.07) is 12.9. The Morgan fingerprint density at radius 2 is 1.93 bits per heavy atom. The maximum atomic E-state index is 12.9. The van der Waals surface area contributed by atoms with E-state index in [2.05, 4.69) is 28.1 Å². The molecule has 2 aromatic rings. The first-order valence-corrected chi connectivity index (χ1v) is 10.2. The van der Waals surface area contributed by atoms with Crippen LogP contribution < -0.4 is 16.0 Å². The Kier molecular flexibility index (Phi) is 4.85. The summed E-state index contributed by atoms with van der Waals surface area (Å²) in [5, 5.41) is 7.87. The van der Waals surface area contributed by atoms with E-state index in [4.69, 9.17) is 0 Å². The van der Waals surface area contributed by atoms with Gasteiger partial charge in [-0.15, -0.1) is 11.8 Å². The molecule has 1 heterocycles. The first-order valence-electron chi connectivity index (χ1n) is 9.23. The second-order valence-electron chi connectivity index (χ2n) is 7.32. The van der Waals surface area contributed by atoms with Crippen molar-refractivity contribution in [2.75, 3.05) is 11.1 Å². The zero-order valence-electron chi connectivity index (χ0n) is 15.5. The molecular formula is C21H21N3O3S. The molecule has 1 fully saturated rings. The Labute approximate surface area is 167 Å². The molecular weight excluding hydrogens is 374 g/mol. The summed E-state index contributed by atoms with van der Waals surface area (Å²) in [6.45, 7) is 1.67. The number of rotatable bonds is 5. The third-order valence-corrected chi connectivity index (χ3v) is 6.51. The largest absolute Gasteiger partial charge is 0.323 e. The molecule has 2 aromatic carbocycles. The topological polar surface area (TPSA) is 87.3 Å². The van der Waals surface area contributed by atoms with Gasteiger partial charge in [-0.25, -0.2) is 4.79 Å². The van der Waals surface area contributed by atoms with Gasteiger partial charge in [0.15, 0.2) is 0 Å². The molecule has 0 saturated carbocycles. The lowest BCUT2D eigenvalue weighted by Crippen LogP contribution is -2.46. The van der Waals surface area contributed by atoms with Gasteiger partial charge in [0.05, 0.1) is 5.56 Å². The molecule has 6 nitrogen and oxygen atoms in total. The third kappa shape index (κ3) is 3.62. The number of carbonyl (C=O) groups is 3. The lowest BCUT2D eigenvalue weighted by atomic mass is 10.1. The maximum absolute atomic E-state index is 12.9. The van der Waals surface area contributed by atoms with Gasteiger partial charge in [0, 0.05) is 16.3 Å². The van der Waals surface area contributed by atoms with E-state index in [-0.39, 0.29) is 11.8 Å². The zero-order chi connectivity index (χ0) is 19.7. The van der Waals surface area contributed by atoms with E-state index in [0.29, 0.717) is 11.3 Å². The van der Waals surface area contributed by atoms with Gasteiger partial charge >= 0.3 is 6.03 Å². The summed E-state index contributed by atoms with van der Waals surface area (Å²) in [5.74, 6) is -0.218. The van der Waals surface area contributed by atoms with Crippen molar-refractivity contribution in [3.05, 3.63) is 59.2 Å². The van der Waals surface area contributed by atoms with E-state index in [9.17, 15) is 14.4 Å². The summed E-state index contributed by atoms with van der Waals surface area (Å²) in [5.41, 5.74) is 3.00. The summed E-state index contributed by atoms with van der Waals surface area (Å²) in [4.78, 5) is 37.0. The number of hydrogen-bond donors (Lipinski definition) is 3. The molecule has 1 atom stereocenters. The summed E-state index contributed by atoms with van der Waals surface area (Å²) in [7, 11) is 0. The quantitative estimate of drug-likeness (QED) is 0.536. The summed E-state index contributed by atoms with van der Waals surface area (Å²) < 4.78 is 0. The van der Waals surface area contributed by atoms with Crippen molar-refractivity contribution in [1.29, 1.82) is 0 Å². The second-order valence-corrected chi connectivity index (χ2v) is 8.33. The Morgan fingerprint density at radius 1 is 1.14 bits per heavy atom. The molecule has 1 aliphatic heterocycles. The molecule has 28 heavy (non-hydrogen) atoms. The third-order valence-electron chi connectivity index (χ3n) is 5.12. The monoisotopic (exact) mass is 395 g/mol. The van der Waals surface area contributed by atoms with Gasteiger partial charge in [-0.3, -0.25) is 14.9 Å². The Morgan fingerprint density at radius 3 is 2.71 bits per heavy atom. The highest BCUT2D eigenvalue weighted by atomic mass is 32.2. The molecule has 0 bridgehead atoms. The molecule has 7 heteroatoms. The van der Waals surface area contributed by atoms with Crippen LogP contribution in [-0.2, 0) is 17.6 Å². The molecule has 2 aliphatic rings. The lowest BCUT2D eigenvalue weighted by Gasteiger charge is -2.20. The fourth-order valence-electron chi connectivity index (χ4n) is 3.53. The number of benzene rings is 2. The van der Waals surface area contributed by atoms with Crippen molar-refractivity contribution in [3.8, 4) is 0 Å². The minimum absolute atomic E-state index is 0.189. The number of urea groups is 1. The van der Waals surface area contributed by atoms with Crippen molar-refractivity contribution >= 4 is 35.3 Å². The fourth-order valence-corrected chi connectivity index (χ4v) is 4.67. The van der Waals surface area contributed by atoms with Crippen LogP contribution in [0.25, 0.3) is 0 Å². The molecule has 4 rings (SSSR count). The number of anilines is 1. The predicted octanol–water partition coefficient (Wildman–Crippen LogP) is 3.12. The van der Waals surface area contributed by atoms with Gasteiger partial charge in [0.25, 0.3) is 11.8 Å². The van der Waals surface area contributed by atoms with Crippen LogP contribution >= 0.6 is 11.8 Å². The van der Waals surface area contributed by atoms with Crippen molar-refractivity contribution in [2.45, 2.75) is 36.6 Å². The van der Waals surface area contributed by atoms with Gasteiger partial charge < -0.3 is 10.6 Å². The number of thioether (sulfide) groups is 1. The Bertz CT molecular complexity index is 975. The number of aryl methyl sites for hydroxylation is 2. The van der Waals surface area contributed by atoms with Crippen LogP contribution in [0.4, 0.5) is 10.5 Å². The Hall–Kier alpha value is -2.80. The minimum atomic E-state index is -0.995. The van der Waals surface area contributed by atoms with E-state index in [0.717, 1.165) is 29.8 Å². The highest BCUT2D eigenvalue weighted by Crippen LogP contribution is 2.29. The highest BCUT2D eigenvalue weighted by molar-refractivity contribution is 7.99. The maximum Gasteiger partial charge on any atom is 0.322 e. The van der Waals surface area contributed by atoms with Crippen molar-refractivity contribution in [3.63, 3.8) is 0 Å². The Balaban J connectivity index is 1.48. The molecule has 144 valence electrons. The molecule has 4 amide bonds. The van der Waals surface area contributed by atoms with E-state index < -0.39 is 11.6 Å². The van der Waals surface area contributed by atoms with Crippen LogP contribution in [0.2, 0.25) is 0 Å². The highest BCUT2D eigenvalue weighted by Gasteiger charge is 2.41. The SMILES string of the molecule is C[C@]1(CSc2ccccc2C(=O)Nc2ccc3c(c2)CCC3)NC(=O)NC1=O. The number of amides is 4. The number of imide groups is 1. The summed E-state index contributed by atoms with van der Waals surface area (Å²) in [6.07, 6.45) is 3.32. The van der Waals surface area contributed by atoms with Crippen molar-refractivity contribution in [2.24, 2.45) is 0 Å². The minimum Gasteiger partial charge on any atom is -0.323 e. The number of hydrogen-bond acceptors (Lipinski definition) is 4. The van der Waals surface area contributed by atoms with Crippen molar-refractivity contribution < 1.29 is 14.4 Å². The van der Waals surface area contributed by atoms with E-state index >= 15 is 0 Å². The van der Waals surface area contributed by atoms with Crippen molar-refractivity contribution in [1.82, 2.24) is 10.6 Å². The van der Waals surface area contributed by atoms with Crippen LogP contribution in [0.1, 0.15) is 34.8 Å². The summed E-state index contributed by atoms with van der Waals surface area (Å²) >= 11 is 1.37. The normalized spacial score (nSPS) is 20.5. The van der Waals surface area contributed by atoms with Gasteiger partial charge in [0.2, 0.25) is 0 Å². The van der Waals surface area contributed by atoms with E-state index in [1.54, 1.807) is 13.0 Å². The number of fused-ring (bicyclic) bond motifs is 1. The van der Waals surface area contributed by atoms with Crippen LogP contribution in [0.5, 0.6) is 0 Å². The number of carbonyl (C=O) groups excluding carboxylic acids is 3. The van der Waals surface area contributed by atoms with Gasteiger partial charge in [0.1, 0.15) is 5.54 Å². The molecule has 0 radical (unpaired) electrons. The molecule has 1 saturated heterocycles. The van der Waals surface area contributed by atoms with E-state index in [1.165, 1.54) is 22.9 Å². The standard InChI is InChI=1S/C21H21N3O3S/c1-21(19(26)23-20(27)24-21)12-28-17-8-3-2-7-16(17)18(25)22-15-10-9-13-5-4-6-14(13)11-15/h2-3,7-11H,4-6,12H2,1H3,(H,22,25)(H2,23,24,26,27)/t21-/m1/s1. The van der Waals surface area contributed by atoms with Crippen LogP contribution in [0.3, 0.4) is 0 Å².